The summed E-state index contributed by atoms with van der Waals surface area (Å²) in [6.45, 7) is 2.24. The summed E-state index contributed by atoms with van der Waals surface area (Å²) in [7, 11) is -3.99. The summed E-state index contributed by atoms with van der Waals surface area (Å²) >= 11 is 3.59. The molecule has 0 amide bonds. The predicted octanol–water partition coefficient (Wildman–Crippen LogP) is 7.31. The highest BCUT2D eigenvalue weighted by molar-refractivity contribution is 9.10. The number of hydrogen-bond donors (Lipinski definition) is 0. The number of halogens is 2. The third-order valence-corrected chi connectivity index (χ3v) is 8.54. The lowest BCUT2D eigenvalue weighted by Crippen LogP contribution is -2.08. The quantitative estimate of drug-likeness (QED) is 0.219. The summed E-state index contributed by atoms with van der Waals surface area (Å²) in [5.74, 6) is -0.405. The van der Waals surface area contributed by atoms with Crippen LogP contribution in [-0.4, -0.2) is 18.2 Å². The maximum absolute atomic E-state index is 14.2. The zero-order valence-electron chi connectivity index (χ0n) is 19.4. The van der Waals surface area contributed by atoms with Gasteiger partial charge >= 0.3 is 0 Å². The van der Waals surface area contributed by atoms with Crippen LogP contribution in [0, 0.1) is 12.7 Å². The second-order valence-electron chi connectivity index (χ2n) is 8.46. The lowest BCUT2D eigenvalue weighted by molar-refractivity contribution is 0.596. The van der Waals surface area contributed by atoms with Crippen LogP contribution < -0.4 is 0 Å². The van der Waals surface area contributed by atoms with Crippen LogP contribution in [0.5, 0.6) is 0 Å². The second-order valence-corrected chi connectivity index (χ2v) is 11.2. The number of aromatic nitrogens is 2. The van der Waals surface area contributed by atoms with Gasteiger partial charge in [0.25, 0.3) is 0 Å². The first-order chi connectivity index (χ1) is 17.3. The molecule has 0 aliphatic heterocycles. The van der Waals surface area contributed by atoms with E-state index in [4.69, 9.17) is 5.10 Å². The molecule has 0 atom stereocenters. The van der Waals surface area contributed by atoms with Crippen LogP contribution >= 0.6 is 15.9 Å². The van der Waals surface area contributed by atoms with Crippen molar-refractivity contribution >= 4 is 25.8 Å². The molecule has 4 aromatic carbocycles. The monoisotopic (exact) mass is 560 g/mol. The highest BCUT2D eigenvalue weighted by Crippen LogP contribution is 2.39. The van der Waals surface area contributed by atoms with Gasteiger partial charge in [0.1, 0.15) is 16.4 Å². The number of rotatable bonds is 6. The van der Waals surface area contributed by atoms with Gasteiger partial charge in [0.05, 0.1) is 17.1 Å². The van der Waals surface area contributed by atoms with E-state index in [1.54, 1.807) is 41.1 Å². The average Bonchev–Trinajstić information content (AvgIpc) is 3.26. The summed E-state index contributed by atoms with van der Waals surface area (Å²) in [4.78, 5) is 0.269. The highest BCUT2D eigenvalue weighted by atomic mass is 79.9. The highest BCUT2D eigenvalue weighted by Gasteiger charge is 2.32. The molecule has 0 aliphatic carbocycles. The van der Waals surface area contributed by atoms with Gasteiger partial charge in [0, 0.05) is 15.6 Å². The smallest absolute Gasteiger partial charge is 0.210 e. The van der Waals surface area contributed by atoms with E-state index in [1.165, 1.54) is 12.1 Å². The minimum Gasteiger partial charge on any atom is -0.258 e. The third kappa shape index (κ3) is 4.64. The minimum atomic E-state index is -3.99. The normalized spacial score (nSPS) is 11.5. The van der Waals surface area contributed by atoms with Crippen molar-refractivity contribution in [3.63, 3.8) is 0 Å². The largest absolute Gasteiger partial charge is 0.258 e. The Morgan fingerprint density at radius 1 is 0.806 bits per heavy atom. The zero-order chi connectivity index (χ0) is 25.3. The summed E-state index contributed by atoms with van der Waals surface area (Å²) in [5, 5.41) is 4.83. The van der Waals surface area contributed by atoms with Crippen LogP contribution in [0.4, 0.5) is 4.39 Å². The Labute approximate surface area is 218 Å². The van der Waals surface area contributed by atoms with Crippen molar-refractivity contribution < 1.29 is 12.8 Å². The molecule has 0 radical (unpaired) electrons. The third-order valence-electron chi connectivity index (χ3n) is 5.95. The van der Waals surface area contributed by atoms with Crippen molar-refractivity contribution in [2.45, 2.75) is 23.3 Å². The maximum Gasteiger partial charge on any atom is 0.210 e. The van der Waals surface area contributed by atoms with Crippen LogP contribution in [0.15, 0.2) is 117 Å². The number of benzene rings is 4. The first-order valence-electron chi connectivity index (χ1n) is 11.3. The van der Waals surface area contributed by atoms with Crippen molar-refractivity contribution in [1.29, 1.82) is 0 Å². The van der Waals surface area contributed by atoms with E-state index in [0.29, 0.717) is 17.8 Å². The molecule has 0 saturated heterocycles. The first kappa shape index (κ1) is 24.2. The van der Waals surface area contributed by atoms with Gasteiger partial charge in [-0.3, -0.25) is 4.68 Å². The fourth-order valence-corrected chi connectivity index (χ4v) is 6.14. The number of aryl methyl sites for hydroxylation is 1. The van der Waals surface area contributed by atoms with Crippen LogP contribution in [0.1, 0.15) is 11.1 Å². The van der Waals surface area contributed by atoms with E-state index >= 15 is 0 Å². The second kappa shape index (κ2) is 9.84. The molecule has 0 unspecified atom stereocenters. The Bertz CT molecular complexity index is 1630. The van der Waals surface area contributed by atoms with Crippen LogP contribution in [0.25, 0.3) is 22.5 Å². The van der Waals surface area contributed by atoms with Crippen LogP contribution in [-0.2, 0) is 16.4 Å². The predicted molar refractivity (Wildman–Crippen MR) is 143 cm³/mol. The first-order valence-corrected chi connectivity index (χ1v) is 13.6. The standard InChI is InChI=1S/C29H22BrFN2O2S/c1-20-11-17-25(18-12-20)36(34,35)29-27(21-13-15-24(31)16-14-21)32-33(19-23-9-5-6-10-26(23)30)28(29)22-7-3-2-4-8-22/h2-18H,19H2,1H3. The summed E-state index contributed by atoms with van der Waals surface area (Å²) in [6, 6.07) is 29.6. The lowest BCUT2D eigenvalue weighted by Gasteiger charge is -2.12. The number of nitrogens with zero attached hydrogens (tertiary/aromatic N) is 2. The molecule has 36 heavy (non-hydrogen) atoms. The molecule has 7 heteroatoms. The fraction of sp³-hybridized carbons (Fsp3) is 0.0690. The zero-order valence-corrected chi connectivity index (χ0v) is 21.8. The van der Waals surface area contributed by atoms with E-state index in [1.807, 2.05) is 61.5 Å². The summed E-state index contributed by atoms with van der Waals surface area (Å²) in [5.41, 5.74) is 3.90. The lowest BCUT2D eigenvalue weighted by atomic mass is 10.1. The van der Waals surface area contributed by atoms with E-state index in [9.17, 15) is 12.8 Å². The Morgan fingerprint density at radius 2 is 1.44 bits per heavy atom. The van der Waals surface area contributed by atoms with Crippen molar-refractivity contribution in [3.05, 3.63) is 125 Å². The van der Waals surface area contributed by atoms with Gasteiger partial charge in [0.2, 0.25) is 9.84 Å². The topological polar surface area (TPSA) is 52.0 Å². The van der Waals surface area contributed by atoms with Crippen molar-refractivity contribution in [1.82, 2.24) is 9.78 Å². The number of sulfone groups is 1. The van der Waals surface area contributed by atoms with Gasteiger partial charge in [-0.25, -0.2) is 12.8 Å². The SMILES string of the molecule is Cc1ccc(S(=O)(=O)c2c(-c3ccc(F)cc3)nn(Cc3ccccc3Br)c2-c2ccccc2)cc1. The number of hydrogen-bond acceptors (Lipinski definition) is 3. The Balaban J connectivity index is 1.84. The molecule has 0 saturated carbocycles. The molecule has 1 aromatic heterocycles. The van der Waals surface area contributed by atoms with Crippen LogP contribution in [0.2, 0.25) is 0 Å². The molecule has 0 aliphatic rings. The molecule has 0 spiro atoms. The molecule has 5 aromatic rings. The molecule has 0 fully saturated rings. The van der Waals surface area contributed by atoms with Gasteiger partial charge in [-0.05, 0) is 55.0 Å². The van der Waals surface area contributed by atoms with E-state index in [2.05, 4.69) is 15.9 Å². The fourth-order valence-electron chi connectivity index (χ4n) is 4.11. The Hall–Kier alpha value is -3.55. The van der Waals surface area contributed by atoms with Gasteiger partial charge in [-0.15, -0.1) is 0 Å². The molecular weight excluding hydrogens is 539 g/mol. The molecule has 0 bridgehead atoms. The van der Waals surface area contributed by atoms with E-state index in [-0.39, 0.29) is 15.5 Å². The molecule has 180 valence electrons. The summed E-state index contributed by atoms with van der Waals surface area (Å²) in [6.07, 6.45) is 0. The van der Waals surface area contributed by atoms with Crippen LogP contribution in [0.3, 0.4) is 0 Å². The molecule has 0 N–H and O–H groups in total. The molecular formula is C29H22BrFN2O2S. The van der Waals surface area contributed by atoms with Gasteiger partial charge in [0.15, 0.2) is 0 Å². The average molecular weight is 561 g/mol. The van der Waals surface area contributed by atoms with Crippen molar-refractivity contribution in [3.8, 4) is 22.5 Å². The molecule has 4 nitrogen and oxygen atoms in total. The Morgan fingerprint density at radius 3 is 2.11 bits per heavy atom. The van der Waals surface area contributed by atoms with Gasteiger partial charge in [-0.2, -0.15) is 5.10 Å². The molecule has 5 rings (SSSR count). The maximum atomic E-state index is 14.2. The van der Waals surface area contributed by atoms with Crippen molar-refractivity contribution in [2.24, 2.45) is 0 Å². The van der Waals surface area contributed by atoms with E-state index in [0.717, 1.165) is 21.2 Å². The van der Waals surface area contributed by atoms with Gasteiger partial charge in [-0.1, -0.05) is 82.2 Å². The molecule has 1 heterocycles. The van der Waals surface area contributed by atoms with Crippen molar-refractivity contribution in [2.75, 3.05) is 0 Å². The van der Waals surface area contributed by atoms with E-state index < -0.39 is 15.7 Å². The minimum absolute atomic E-state index is 0.0937. The Kier molecular flexibility index (Phi) is 6.60. The van der Waals surface area contributed by atoms with Gasteiger partial charge < -0.3 is 0 Å². The summed E-state index contributed by atoms with van der Waals surface area (Å²) < 4.78 is 44.8.